The summed E-state index contributed by atoms with van der Waals surface area (Å²) >= 11 is 0. The predicted octanol–water partition coefficient (Wildman–Crippen LogP) is 6.50. The SMILES string of the molecule is CCN(CC)C(COC(C)C(C)n1ncn(-c2ccc(N3CCN(c4ccc(OCC5COC(Cn6cncn6)(c6ccc(F)cc6F)O5)cc4)CC3)cc2)c1=O)Cc1ccccc1. The molecule has 2 aromatic heterocycles. The lowest BCUT2D eigenvalue weighted by molar-refractivity contribution is -0.192. The van der Waals surface area contributed by atoms with Gasteiger partial charge in [0.25, 0.3) is 0 Å². The number of likely N-dealkylation sites (N-methyl/N-ethyl adjacent to an activating group) is 1. The molecule has 0 N–H and O–H groups in total. The largest absolute Gasteiger partial charge is 0.491 e. The summed E-state index contributed by atoms with van der Waals surface area (Å²) in [6.45, 7) is 14.4. The second-order valence-corrected chi connectivity index (χ2v) is 16.4. The van der Waals surface area contributed by atoms with Crippen LogP contribution in [0.1, 0.15) is 44.9 Å². The number of halogens is 2. The molecule has 0 bridgehead atoms. The van der Waals surface area contributed by atoms with Gasteiger partial charge in [-0.3, -0.25) is 4.90 Å². The molecule has 2 fully saturated rings. The molecular weight excluding hydrogens is 821 g/mol. The second-order valence-electron chi connectivity index (χ2n) is 16.4. The number of aromatic nitrogens is 6. The molecule has 2 aliphatic rings. The van der Waals surface area contributed by atoms with E-state index in [-0.39, 0.29) is 49.2 Å². The third kappa shape index (κ3) is 10.2. The number of piperazine rings is 1. The summed E-state index contributed by atoms with van der Waals surface area (Å²) in [6, 6.07) is 29.8. The highest BCUT2D eigenvalue weighted by Gasteiger charge is 2.46. The molecule has 0 aliphatic carbocycles. The number of hydrogen-bond donors (Lipinski definition) is 0. The topological polar surface area (TPSA) is 117 Å². The van der Waals surface area contributed by atoms with Gasteiger partial charge >= 0.3 is 5.69 Å². The van der Waals surface area contributed by atoms with E-state index in [9.17, 15) is 13.6 Å². The van der Waals surface area contributed by atoms with Gasteiger partial charge in [-0.1, -0.05) is 44.2 Å². The van der Waals surface area contributed by atoms with Gasteiger partial charge in [-0.25, -0.2) is 32.5 Å². The zero-order valence-electron chi connectivity index (χ0n) is 36.9. The quantitative estimate of drug-likeness (QED) is 0.0889. The van der Waals surface area contributed by atoms with Gasteiger partial charge in [0.2, 0.25) is 5.79 Å². The van der Waals surface area contributed by atoms with E-state index in [0.29, 0.717) is 12.4 Å². The summed E-state index contributed by atoms with van der Waals surface area (Å²) in [5.74, 6) is -2.33. The van der Waals surface area contributed by atoms with E-state index >= 15 is 0 Å². The van der Waals surface area contributed by atoms with Gasteiger partial charge in [-0.05, 0) is 99.6 Å². The lowest BCUT2D eigenvalue weighted by Gasteiger charge is -2.37. The van der Waals surface area contributed by atoms with Crippen molar-refractivity contribution in [2.24, 2.45) is 0 Å². The van der Waals surface area contributed by atoms with Crippen molar-refractivity contribution in [1.82, 2.24) is 34.0 Å². The van der Waals surface area contributed by atoms with Crippen molar-refractivity contribution in [3.05, 3.63) is 149 Å². The van der Waals surface area contributed by atoms with E-state index in [4.69, 9.17) is 18.9 Å². The maximum atomic E-state index is 15.0. The molecule has 0 saturated carbocycles. The zero-order chi connectivity index (χ0) is 44.6. The van der Waals surface area contributed by atoms with Gasteiger partial charge in [-0.2, -0.15) is 10.2 Å². The van der Waals surface area contributed by atoms with Gasteiger partial charge in [0.15, 0.2) is 0 Å². The fraction of sp³-hybridized carbons (Fsp3) is 0.417. The first kappa shape index (κ1) is 44.7. The van der Waals surface area contributed by atoms with Gasteiger partial charge in [-0.15, -0.1) is 0 Å². The fourth-order valence-corrected chi connectivity index (χ4v) is 8.57. The molecule has 2 aliphatic heterocycles. The summed E-state index contributed by atoms with van der Waals surface area (Å²) in [5.41, 5.74) is 4.08. The molecule has 4 heterocycles. The Hall–Kier alpha value is -5.94. The Balaban J connectivity index is 0.814. The van der Waals surface area contributed by atoms with Crippen LogP contribution in [0, 0.1) is 11.6 Å². The lowest BCUT2D eigenvalue weighted by atomic mass is 10.0. The molecule has 5 unspecified atom stereocenters. The van der Waals surface area contributed by atoms with Crippen LogP contribution in [0.15, 0.2) is 121 Å². The zero-order valence-corrected chi connectivity index (χ0v) is 36.9. The second kappa shape index (κ2) is 20.3. The van der Waals surface area contributed by atoms with Crippen molar-refractivity contribution >= 4 is 11.4 Å². The van der Waals surface area contributed by atoms with Crippen LogP contribution >= 0.6 is 0 Å². The first-order chi connectivity index (χ1) is 31.1. The third-order valence-electron chi connectivity index (χ3n) is 12.4. The number of benzene rings is 4. The van der Waals surface area contributed by atoms with Crippen LogP contribution < -0.4 is 20.2 Å². The minimum Gasteiger partial charge on any atom is -0.491 e. The highest BCUT2D eigenvalue weighted by atomic mass is 19.1. The van der Waals surface area contributed by atoms with E-state index in [2.05, 4.69) is 80.1 Å². The highest BCUT2D eigenvalue weighted by molar-refractivity contribution is 5.54. The lowest BCUT2D eigenvalue weighted by Crippen LogP contribution is -2.46. The summed E-state index contributed by atoms with van der Waals surface area (Å²) in [4.78, 5) is 24.7. The van der Waals surface area contributed by atoms with Crippen LogP contribution in [0.2, 0.25) is 0 Å². The molecular formula is C48H57F2N9O5. The number of anilines is 2. The van der Waals surface area contributed by atoms with Crippen molar-refractivity contribution in [3.8, 4) is 11.4 Å². The minimum absolute atomic E-state index is 0.0255. The smallest absolute Gasteiger partial charge is 0.350 e. The molecule has 0 amide bonds. The Labute approximate surface area is 372 Å². The van der Waals surface area contributed by atoms with Crippen LogP contribution in [0.3, 0.4) is 0 Å². The van der Waals surface area contributed by atoms with Crippen molar-refractivity contribution in [3.63, 3.8) is 0 Å². The van der Waals surface area contributed by atoms with Crippen molar-refractivity contribution in [2.75, 3.05) is 68.9 Å². The van der Waals surface area contributed by atoms with Gasteiger partial charge in [0.05, 0.1) is 31.0 Å². The molecule has 4 aromatic carbocycles. The van der Waals surface area contributed by atoms with Crippen LogP contribution in [-0.4, -0.2) is 111 Å². The number of nitrogens with zero attached hydrogens (tertiary/aromatic N) is 9. The monoisotopic (exact) mass is 877 g/mol. The maximum Gasteiger partial charge on any atom is 0.350 e. The van der Waals surface area contributed by atoms with Crippen molar-refractivity contribution in [2.45, 2.75) is 70.7 Å². The summed E-state index contributed by atoms with van der Waals surface area (Å²) in [7, 11) is 0. The van der Waals surface area contributed by atoms with E-state index in [0.717, 1.165) is 68.8 Å². The van der Waals surface area contributed by atoms with Crippen LogP contribution in [0.4, 0.5) is 20.2 Å². The molecule has 14 nitrogen and oxygen atoms in total. The third-order valence-corrected chi connectivity index (χ3v) is 12.4. The average molecular weight is 878 g/mol. The molecule has 16 heteroatoms. The molecule has 2 saturated heterocycles. The minimum atomic E-state index is -1.52. The maximum absolute atomic E-state index is 15.0. The van der Waals surface area contributed by atoms with E-state index in [1.165, 1.54) is 39.7 Å². The number of rotatable bonds is 19. The molecule has 8 rings (SSSR count). The number of ether oxygens (including phenoxy) is 4. The van der Waals surface area contributed by atoms with E-state index in [1.54, 1.807) is 10.9 Å². The summed E-state index contributed by atoms with van der Waals surface area (Å²) < 4.78 is 58.2. The molecule has 0 spiro atoms. The Bertz CT molecular complexity index is 2440. The van der Waals surface area contributed by atoms with Crippen LogP contribution in [-0.2, 0) is 33.0 Å². The Kier molecular flexibility index (Phi) is 14.1. The predicted molar refractivity (Wildman–Crippen MR) is 240 cm³/mol. The number of hydrogen-bond acceptors (Lipinski definition) is 11. The first-order valence-corrected chi connectivity index (χ1v) is 22.1. The van der Waals surface area contributed by atoms with Gasteiger partial charge < -0.3 is 28.7 Å². The molecule has 338 valence electrons. The molecule has 5 atom stereocenters. The summed E-state index contributed by atoms with van der Waals surface area (Å²) in [5, 5.41) is 8.63. The molecule has 0 radical (unpaired) electrons. The standard InChI is InChI=1S/C48H57F2N9O5/c1-5-54(6-2)42(26-37-10-8-7-9-11-37)28-61-36(4)35(3)59-47(60)58(34-53-59)41-15-13-39(14-16-41)55-22-24-56(25-23-55)40-17-19-43(20-18-40)62-29-44-30-63-48(64-44,31-57-33-51-32-52-57)45-21-12-38(49)27-46(45)50/h7-21,27,32-36,42,44H,5-6,22-26,28-31H2,1-4H3. The Morgan fingerprint density at radius 3 is 2.16 bits per heavy atom. The van der Waals surface area contributed by atoms with Crippen LogP contribution in [0.25, 0.3) is 5.69 Å². The highest BCUT2D eigenvalue weighted by Crippen LogP contribution is 2.38. The van der Waals surface area contributed by atoms with Gasteiger partial charge in [0, 0.05) is 55.2 Å². The molecule has 6 aromatic rings. The molecule has 64 heavy (non-hydrogen) atoms. The van der Waals surface area contributed by atoms with Crippen molar-refractivity contribution < 1.29 is 27.7 Å². The van der Waals surface area contributed by atoms with E-state index < -0.39 is 23.5 Å². The van der Waals surface area contributed by atoms with Crippen LogP contribution in [0.5, 0.6) is 5.75 Å². The first-order valence-electron chi connectivity index (χ1n) is 22.1. The van der Waals surface area contributed by atoms with Gasteiger partial charge in [0.1, 0.15) is 55.6 Å². The Morgan fingerprint density at radius 1 is 0.844 bits per heavy atom. The fourth-order valence-electron chi connectivity index (χ4n) is 8.57. The normalized spacial score (nSPS) is 19.3. The van der Waals surface area contributed by atoms with Crippen molar-refractivity contribution in [1.29, 1.82) is 0 Å². The average Bonchev–Trinajstić information content (AvgIpc) is 4.09. The Morgan fingerprint density at radius 2 is 1.52 bits per heavy atom. The summed E-state index contributed by atoms with van der Waals surface area (Å²) in [6.07, 6.45) is 4.60. The van der Waals surface area contributed by atoms with E-state index in [1.807, 2.05) is 56.3 Å².